The molecule has 0 rings (SSSR count). The topological polar surface area (TPSA) is 87.0 Å². The summed E-state index contributed by atoms with van der Waals surface area (Å²) in [7, 11) is 1.48. The van der Waals surface area contributed by atoms with Gasteiger partial charge in [0.1, 0.15) is 11.9 Å². The third-order valence-corrected chi connectivity index (χ3v) is 1.65. The normalized spacial score (nSPS) is 15.4. The van der Waals surface area contributed by atoms with Crippen LogP contribution in [0.25, 0.3) is 0 Å². The Balaban J connectivity index is 3.64. The second-order valence-corrected chi connectivity index (χ2v) is 2.80. The van der Waals surface area contributed by atoms with Crippen LogP contribution in [0.15, 0.2) is 0 Å². The van der Waals surface area contributed by atoms with Gasteiger partial charge in [0.25, 0.3) is 0 Å². The molecule has 78 valence electrons. The van der Waals surface area contributed by atoms with Crippen LogP contribution < -0.4 is 0 Å². The smallest absolute Gasteiger partial charge is 0.137 e. The fourth-order valence-corrected chi connectivity index (χ4v) is 0.809. The zero-order chi connectivity index (χ0) is 10.3. The number of hydrogen-bond donors (Lipinski definition) is 3. The first-order chi connectivity index (χ1) is 6.11. The molecule has 0 aliphatic heterocycles. The van der Waals surface area contributed by atoms with E-state index in [9.17, 15) is 4.79 Å². The van der Waals surface area contributed by atoms with Gasteiger partial charge in [0.05, 0.1) is 19.3 Å². The van der Waals surface area contributed by atoms with Crippen LogP contribution in [0.4, 0.5) is 0 Å². The summed E-state index contributed by atoms with van der Waals surface area (Å²) in [4.78, 5) is 11.0. The molecule has 0 aliphatic rings. The van der Waals surface area contributed by atoms with Crippen molar-refractivity contribution in [1.29, 1.82) is 0 Å². The van der Waals surface area contributed by atoms with E-state index in [1.165, 1.54) is 7.11 Å². The highest BCUT2D eigenvalue weighted by atomic mass is 16.5. The average molecular weight is 192 g/mol. The summed E-state index contributed by atoms with van der Waals surface area (Å²) in [5.74, 6) is -0.193. The second-order valence-electron chi connectivity index (χ2n) is 2.80. The van der Waals surface area contributed by atoms with Crippen LogP contribution >= 0.6 is 0 Å². The molecule has 13 heavy (non-hydrogen) atoms. The van der Waals surface area contributed by atoms with Crippen LogP contribution in [0.3, 0.4) is 0 Å². The summed E-state index contributed by atoms with van der Waals surface area (Å²) >= 11 is 0. The molecule has 0 spiro atoms. The van der Waals surface area contributed by atoms with Crippen molar-refractivity contribution in [1.82, 2.24) is 0 Å². The van der Waals surface area contributed by atoms with Crippen molar-refractivity contribution >= 4 is 5.78 Å². The molecule has 0 unspecified atom stereocenters. The van der Waals surface area contributed by atoms with Gasteiger partial charge in [-0.05, 0) is 0 Å². The van der Waals surface area contributed by atoms with E-state index >= 15 is 0 Å². The van der Waals surface area contributed by atoms with Crippen molar-refractivity contribution in [3.8, 4) is 0 Å². The van der Waals surface area contributed by atoms with Crippen molar-refractivity contribution in [3.05, 3.63) is 0 Å². The zero-order valence-electron chi connectivity index (χ0n) is 7.64. The molecule has 0 radical (unpaired) electrons. The highest BCUT2D eigenvalue weighted by molar-refractivity contribution is 5.79. The van der Waals surface area contributed by atoms with Gasteiger partial charge >= 0.3 is 0 Å². The fraction of sp³-hybridized carbons (Fsp3) is 0.875. The van der Waals surface area contributed by atoms with Crippen LogP contribution in [0.5, 0.6) is 0 Å². The van der Waals surface area contributed by atoms with Crippen LogP contribution in [0, 0.1) is 0 Å². The molecule has 0 aromatic carbocycles. The van der Waals surface area contributed by atoms with Gasteiger partial charge in [-0.25, -0.2) is 0 Å². The fourth-order valence-electron chi connectivity index (χ4n) is 0.809. The van der Waals surface area contributed by atoms with Gasteiger partial charge < -0.3 is 20.1 Å². The maximum absolute atomic E-state index is 11.0. The maximum atomic E-state index is 11.0. The largest absolute Gasteiger partial charge is 0.394 e. The van der Waals surface area contributed by atoms with E-state index in [2.05, 4.69) is 4.74 Å². The predicted octanol–water partition coefficient (Wildman–Crippen LogP) is -1.30. The van der Waals surface area contributed by atoms with Gasteiger partial charge in [-0.2, -0.15) is 0 Å². The number of aliphatic hydroxyl groups is 3. The Morgan fingerprint density at radius 3 is 2.46 bits per heavy atom. The van der Waals surface area contributed by atoms with E-state index in [1.807, 2.05) is 0 Å². The molecule has 5 nitrogen and oxygen atoms in total. The predicted molar refractivity (Wildman–Crippen MR) is 45.2 cm³/mol. The molecule has 0 saturated carbocycles. The Morgan fingerprint density at radius 1 is 1.38 bits per heavy atom. The number of hydrogen-bond acceptors (Lipinski definition) is 5. The Bertz CT molecular complexity index is 147. The molecule has 0 aromatic heterocycles. The minimum absolute atomic E-state index is 0.148. The van der Waals surface area contributed by atoms with Gasteiger partial charge in [0.15, 0.2) is 0 Å². The lowest BCUT2D eigenvalue weighted by Crippen LogP contribution is -2.31. The van der Waals surface area contributed by atoms with E-state index in [4.69, 9.17) is 15.3 Å². The summed E-state index contributed by atoms with van der Waals surface area (Å²) in [6.45, 7) is -0.237. The first-order valence-electron chi connectivity index (χ1n) is 4.09. The van der Waals surface area contributed by atoms with E-state index in [0.717, 1.165) is 0 Å². The SMILES string of the molecule is COCCC(=O)C[C@H](O)[C@H](O)CO. The zero-order valence-corrected chi connectivity index (χ0v) is 7.64. The first kappa shape index (κ1) is 12.5. The summed E-state index contributed by atoms with van der Waals surface area (Å²) < 4.78 is 4.67. The molecule has 0 amide bonds. The molecule has 3 N–H and O–H groups in total. The van der Waals surface area contributed by atoms with Gasteiger partial charge in [-0.15, -0.1) is 0 Å². The van der Waals surface area contributed by atoms with Crippen molar-refractivity contribution in [3.63, 3.8) is 0 Å². The Labute approximate surface area is 77.0 Å². The Morgan fingerprint density at radius 2 is 2.00 bits per heavy atom. The maximum Gasteiger partial charge on any atom is 0.137 e. The molecule has 5 heteroatoms. The van der Waals surface area contributed by atoms with Gasteiger partial charge in [-0.3, -0.25) is 4.79 Å². The molecule has 0 aromatic rings. The minimum Gasteiger partial charge on any atom is -0.394 e. The van der Waals surface area contributed by atoms with Crippen LogP contribution in [-0.2, 0) is 9.53 Å². The minimum atomic E-state index is -1.24. The lowest BCUT2D eigenvalue weighted by Gasteiger charge is -2.14. The molecular formula is C8H16O5. The van der Waals surface area contributed by atoms with Gasteiger partial charge in [-0.1, -0.05) is 0 Å². The third kappa shape index (κ3) is 5.70. The number of aliphatic hydroxyl groups excluding tert-OH is 3. The van der Waals surface area contributed by atoms with Crippen molar-refractivity contribution in [2.45, 2.75) is 25.0 Å². The quantitative estimate of drug-likeness (QED) is 0.466. The van der Waals surface area contributed by atoms with Crippen LogP contribution in [-0.4, -0.2) is 53.6 Å². The summed E-state index contributed by atoms with van der Waals surface area (Å²) in [5, 5.41) is 26.5. The lowest BCUT2D eigenvalue weighted by atomic mass is 10.1. The van der Waals surface area contributed by atoms with E-state index < -0.39 is 18.8 Å². The average Bonchev–Trinajstić information content (AvgIpc) is 2.13. The monoisotopic (exact) mass is 192 g/mol. The van der Waals surface area contributed by atoms with E-state index in [-0.39, 0.29) is 18.6 Å². The standard InChI is InChI=1S/C8H16O5/c1-13-3-2-6(10)4-7(11)8(12)5-9/h7-9,11-12H,2-5H2,1H3/t7-,8+/m0/s1. The highest BCUT2D eigenvalue weighted by Gasteiger charge is 2.18. The van der Waals surface area contributed by atoms with Crippen molar-refractivity contribution in [2.75, 3.05) is 20.3 Å². The summed E-state index contributed by atoms with van der Waals surface area (Å²) in [6, 6.07) is 0. The van der Waals surface area contributed by atoms with E-state index in [1.54, 1.807) is 0 Å². The molecule has 0 aliphatic carbocycles. The molecular weight excluding hydrogens is 176 g/mol. The van der Waals surface area contributed by atoms with Crippen LogP contribution in [0.2, 0.25) is 0 Å². The summed E-state index contributed by atoms with van der Waals surface area (Å²) in [6.07, 6.45) is -2.36. The Hall–Kier alpha value is -0.490. The Kier molecular flexibility index (Phi) is 6.70. The highest BCUT2D eigenvalue weighted by Crippen LogP contribution is 2.01. The summed E-state index contributed by atoms with van der Waals surface area (Å²) in [5.41, 5.74) is 0. The van der Waals surface area contributed by atoms with Crippen molar-refractivity contribution < 1.29 is 24.9 Å². The molecule has 0 fully saturated rings. The lowest BCUT2D eigenvalue weighted by molar-refractivity contribution is -0.124. The van der Waals surface area contributed by atoms with Crippen LogP contribution in [0.1, 0.15) is 12.8 Å². The number of rotatable bonds is 7. The number of carbonyl (C=O) groups excluding carboxylic acids is 1. The first-order valence-corrected chi connectivity index (χ1v) is 4.09. The number of carbonyl (C=O) groups is 1. The van der Waals surface area contributed by atoms with Crippen molar-refractivity contribution in [2.24, 2.45) is 0 Å². The molecule has 2 atom stereocenters. The van der Waals surface area contributed by atoms with Gasteiger partial charge in [0, 0.05) is 20.0 Å². The molecule has 0 saturated heterocycles. The van der Waals surface area contributed by atoms with E-state index in [0.29, 0.717) is 6.61 Å². The third-order valence-electron chi connectivity index (χ3n) is 1.65. The number of ether oxygens (including phenoxy) is 1. The molecule has 0 heterocycles. The number of Topliss-reactive ketones (excluding diaryl/α,β-unsaturated/α-hetero) is 1. The molecule has 0 bridgehead atoms. The van der Waals surface area contributed by atoms with Gasteiger partial charge in [0.2, 0.25) is 0 Å². The number of methoxy groups -OCH3 is 1. The second kappa shape index (κ2) is 6.97. The number of ketones is 1.